The molecule has 1 aliphatic heterocycles. The first-order valence-electron chi connectivity index (χ1n) is 10.9. The van der Waals surface area contributed by atoms with Gasteiger partial charge in [0, 0.05) is 18.8 Å². The first kappa shape index (κ1) is 25.8. The molecule has 1 atom stereocenters. The van der Waals surface area contributed by atoms with Crippen molar-refractivity contribution >= 4 is 17.7 Å². The number of rotatable bonds is 3. The summed E-state index contributed by atoms with van der Waals surface area (Å²) in [7, 11) is 1.49. The predicted octanol–water partition coefficient (Wildman–Crippen LogP) is 2.32. The molecule has 0 aliphatic carbocycles. The van der Waals surface area contributed by atoms with E-state index in [1.165, 1.54) is 7.11 Å². The van der Waals surface area contributed by atoms with Gasteiger partial charge in [0.25, 0.3) is 11.8 Å². The Balaban J connectivity index is 1.67. The summed E-state index contributed by atoms with van der Waals surface area (Å²) in [5.74, 6) is -0.703. The fourth-order valence-electron chi connectivity index (χ4n) is 3.37. The van der Waals surface area contributed by atoms with Crippen molar-refractivity contribution < 1.29 is 37.0 Å². The van der Waals surface area contributed by atoms with Gasteiger partial charge < -0.3 is 25.4 Å². The first-order chi connectivity index (χ1) is 16.7. The van der Waals surface area contributed by atoms with Crippen molar-refractivity contribution in [3.8, 4) is 11.5 Å². The van der Waals surface area contributed by atoms with Crippen molar-refractivity contribution in [1.82, 2.24) is 20.9 Å². The quantitative estimate of drug-likeness (QED) is 0.603. The van der Waals surface area contributed by atoms with Crippen LogP contribution >= 0.6 is 0 Å². The third kappa shape index (κ3) is 7.08. The van der Waals surface area contributed by atoms with E-state index in [1.807, 2.05) is 0 Å². The molecule has 0 radical (unpaired) electrons. The highest BCUT2D eigenvalue weighted by atomic mass is 19.4. The number of ether oxygens (including phenoxy) is 2. The molecule has 0 spiro atoms. The Morgan fingerprint density at radius 2 is 1.94 bits per heavy atom. The minimum absolute atomic E-state index is 0.0443. The number of nitrogens with zero attached hydrogens (tertiary/aromatic N) is 1. The maximum Gasteiger partial charge on any atom is 0.433 e. The third-order valence-corrected chi connectivity index (χ3v) is 5.24. The second-order valence-electron chi connectivity index (χ2n) is 7.71. The van der Waals surface area contributed by atoms with E-state index < -0.39 is 29.7 Å². The molecule has 0 fully saturated rings. The van der Waals surface area contributed by atoms with Gasteiger partial charge in [-0.05, 0) is 43.5 Å². The maximum absolute atomic E-state index is 12.7. The molecule has 2 aromatic rings. The lowest BCUT2D eigenvalue weighted by molar-refractivity contribution is -0.141. The second kappa shape index (κ2) is 11.5. The van der Waals surface area contributed by atoms with Crippen LogP contribution < -0.4 is 25.4 Å². The Kier molecular flexibility index (Phi) is 8.50. The number of hydrogen-bond acceptors (Lipinski definition) is 6. The average molecular weight is 494 g/mol. The smallest absolute Gasteiger partial charge is 0.433 e. The van der Waals surface area contributed by atoms with Crippen LogP contribution in [0.2, 0.25) is 0 Å². The SMILES string of the molecule is COc1ccc2c(c1)OCCNC(=O)[C@@H](NC(=O)c1ccc(C(F)(F)F)nc1)CCCCNC2=O. The summed E-state index contributed by atoms with van der Waals surface area (Å²) >= 11 is 0. The van der Waals surface area contributed by atoms with Crippen molar-refractivity contribution in [2.24, 2.45) is 0 Å². The Labute approximate surface area is 199 Å². The lowest BCUT2D eigenvalue weighted by Crippen LogP contribution is -2.47. The summed E-state index contributed by atoms with van der Waals surface area (Å²) in [6.45, 7) is 0.462. The van der Waals surface area contributed by atoms with Crippen LogP contribution in [-0.4, -0.2) is 55.6 Å². The molecular weight excluding hydrogens is 469 g/mol. The molecule has 1 aromatic heterocycles. The minimum atomic E-state index is -4.62. The molecule has 2 heterocycles. The molecule has 12 heteroatoms. The molecule has 188 valence electrons. The molecule has 0 saturated carbocycles. The number of benzene rings is 1. The van der Waals surface area contributed by atoms with Crippen LogP contribution in [0.1, 0.15) is 45.7 Å². The zero-order valence-corrected chi connectivity index (χ0v) is 18.9. The fraction of sp³-hybridized carbons (Fsp3) is 0.391. The number of hydrogen-bond donors (Lipinski definition) is 3. The van der Waals surface area contributed by atoms with E-state index in [0.29, 0.717) is 42.5 Å². The van der Waals surface area contributed by atoms with Gasteiger partial charge >= 0.3 is 6.18 Å². The van der Waals surface area contributed by atoms with E-state index in [0.717, 1.165) is 12.3 Å². The summed E-state index contributed by atoms with van der Waals surface area (Å²) in [6, 6.07) is 5.58. The number of amides is 3. The van der Waals surface area contributed by atoms with E-state index in [2.05, 4.69) is 20.9 Å². The van der Waals surface area contributed by atoms with Crippen LogP contribution in [0.3, 0.4) is 0 Å². The van der Waals surface area contributed by atoms with Crippen LogP contribution in [0.15, 0.2) is 36.5 Å². The van der Waals surface area contributed by atoms with Crippen LogP contribution in [0, 0.1) is 0 Å². The van der Waals surface area contributed by atoms with Gasteiger partial charge in [-0.15, -0.1) is 0 Å². The molecule has 3 amide bonds. The van der Waals surface area contributed by atoms with Crippen molar-refractivity contribution in [3.63, 3.8) is 0 Å². The largest absolute Gasteiger partial charge is 0.497 e. The number of nitrogens with one attached hydrogen (secondary N) is 3. The molecule has 3 N–H and O–H groups in total. The zero-order valence-electron chi connectivity index (χ0n) is 18.9. The molecule has 0 unspecified atom stereocenters. The average Bonchev–Trinajstić information content (AvgIpc) is 2.84. The highest BCUT2D eigenvalue weighted by Gasteiger charge is 2.32. The molecule has 1 aromatic carbocycles. The van der Waals surface area contributed by atoms with Gasteiger partial charge in [0.15, 0.2) is 0 Å². The lowest BCUT2D eigenvalue weighted by Gasteiger charge is -2.20. The molecule has 9 nitrogen and oxygen atoms in total. The first-order valence-corrected chi connectivity index (χ1v) is 10.9. The molecular formula is C23H25F3N4O5. The Morgan fingerprint density at radius 3 is 2.63 bits per heavy atom. The standard InChI is InChI=1S/C23H25F3N4O5/c1-34-15-6-7-16-18(12-15)35-11-10-28-22(33)17(4-2-3-9-27-21(16)32)30-20(31)14-5-8-19(29-13-14)23(24,25)26/h5-8,12-13,17H,2-4,9-11H2,1H3,(H,27,32)(H,28,33)(H,30,31)/t17-/m0/s1. The van der Waals surface area contributed by atoms with Crippen LogP contribution in [0.4, 0.5) is 13.2 Å². The Hall–Kier alpha value is -3.83. The maximum atomic E-state index is 12.7. The number of alkyl halides is 3. The highest BCUT2D eigenvalue weighted by molar-refractivity contribution is 5.98. The number of carbonyl (C=O) groups excluding carboxylic acids is 3. The number of methoxy groups -OCH3 is 1. The summed E-state index contributed by atoms with van der Waals surface area (Å²) in [4.78, 5) is 41.0. The van der Waals surface area contributed by atoms with E-state index >= 15 is 0 Å². The van der Waals surface area contributed by atoms with Gasteiger partial charge in [-0.1, -0.05) is 0 Å². The second-order valence-corrected chi connectivity index (χ2v) is 7.71. The third-order valence-electron chi connectivity index (χ3n) is 5.24. The van der Waals surface area contributed by atoms with E-state index in [4.69, 9.17) is 9.47 Å². The van der Waals surface area contributed by atoms with Gasteiger partial charge in [-0.25, -0.2) is 0 Å². The van der Waals surface area contributed by atoms with Crippen molar-refractivity contribution in [1.29, 1.82) is 0 Å². The number of fused-ring (bicyclic) bond motifs is 1. The van der Waals surface area contributed by atoms with E-state index in [9.17, 15) is 27.6 Å². The predicted molar refractivity (Wildman–Crippen MR) is 118 cm³/mol. The lowest BCUT2D eigenvalue weighted by atomic mass is 10.1. The zero-order chi connectivity index (χ0) is 25.4. The van der Waals surface area contributed by atoms with Gasteiger partial charge in [0.1, 0.15) is 29.8 Å². The molecule has 35 heavy (non-hydrogen) atoms. The van der Waals surface area contributed by atoms with Crippen LogP contribution in [0.5, 0.6) is 11.5 Å². The van der Waals surface area contributed by atoms with E-state index in [-0.39, 0.29) is 31.0 Å². The van der Waals surface area contributed by atoms with Crippen molar-refractivity contribution in [2.75, 3.05) is 26.8 Å². The van der Waals surface area contributed by atoms with Crippen molar-refractivity contribution in [3.05, 3.63) is 53.3 Å². The molecule has 1 aliphatic rings. The van der Waals surface area contributed by atoms with Crippen molar-refractivity contribution in [2.45, 2.75) is 31.5 Å². The Bertz CT molecular complexity index is 1060. The summed E-state index contributed by atoms with van der Waals surface area (Å²) in [5, 5.41) is 8.01. The number of pyridine rings is 1. The van der Waals surface area contributed by atoms with Gasteiger partial charge in [-0.3, -0.25) is 19.4 Å². The number of halogens is 3. The van der Waals surface area contributed by atoms with Gasteiger partial charge in [0.2, 0.25) is 5.91 Å². The van der Waals surface area contributed by atoms with Crippen LogP contribution in [0.25, 0.3) is 0 Å². The summed E-state index contributed by atoms with van der Waals surface area (Å²) < 4.78 is 49.0. The minimum Gasteiger partial charge on any atom is -0.497 e. The molecule has 0 saturated heterocycles. The molecule has 0 bridgehead atoms. The highest BCUT2D eigenvalue weighted by Crippen LogP contribution is 2.27. The Morgan fingerprint density at radius 1 is 1.14 bits per heavy atom. The van der Waals surface area contributed by atoms with Crippen LogP contribution in [-0.2, 0) is 11.0 Å². The normalized spacial score (nSPS) is 17.7. The number of aromatic nitrogens is 1. The van der Waals surface area contributed by atoms with Gasteiger partial charge in [0.05, 0.1) is 24.8 Å². The summed E-state index contributed by atoms with van der Waals surface area (Å²) in [6.07, 6.45) is -2.52. The topological polar surface area (TPSA) is 119 Å². The van der Waals surface area contributed by atoms with Gasteiger partial charge in [-0.2, -0.15) is 13.2 Å². The summed E-state index contributed by atoms with van der Waals surface area (Å²) in [5.41, 5.74) is -0.887. The fourth-order valence-corrected chi connectivity index (χ4v) is 3.37. The molecule has 3 rings (SSSR count). The number of carbonyl (C=O) groups is 3. The van der Waals surface area contributed by atoms with E-state index in [1.54, 1.807) is 18.2 Å². The monoisotopic (exact) mass is 494 g/mol.